The number of ether oxygens (including phenoxy) is 1. The lowest BCUT2D eigenvalue weighted by Gasteiger charge is -2.30. The summed E-state index contributed by atoms with van der Waals surface area (Å²) in [5.41, 5.74) is 3.13. The molecule has 0 bridgehead atoms. The Balaban J connectivity index is 1.98. The quantitative estimate of drug-likeness (QED) is 0.707. The predicted molar refractivity (Wildman–Crippen MR) is 121 cm³/mol. The Hall–Kier alpha value is -2.42. The molecule has 0 aromatic heterocycles. The number of piperazine rings is 1. The number of amides is 1. The van der Waals surface area contributed by atoms with E-state index in [1.165, 1.54) is 4.31 Å². The second-order valence-electron chi connectivity index (χ2n) is 7.98. The molecule has 8 heteroatoms. The van der Waals surface area contributed by atoms with E-state index in [9.17, 15) is 13.2 Å². The molecule has 168 valence electrons. The molecule has 2 aromatic carbocycles. The molecule has 0 unspecified atom stereocenters. The van der Waals surface area contributed by atoms with Crippen molar-refractivity contribution in [3.8, 4) is 5.75 Å². The molecule has 1 aliphatic heterocycles. The Labute approximate surface area is 185 Å². The summed E-state index contributed by atoms with van der Waals surface area (Å²) in [5.74, 6) is 0.460. The maximum absolute atomic E-state index is 13.8. The van der Waals surface area contributed by atoms with Gasteiger partial charge in [-0.2, -0.15) is 4.31 Å². The van der Waals surface area contributed by atoms with E-state index in [1.807, 2.05) is 37.3 Å². The zero-order chi connectivity index (χ0) is 22.6. The standard InChI is InChI=1S/C23H31N3O4S/c1-17-12-18(2)23(19(3)13-17)31(28,29)26(15-20-6-5-7-21(14-20)30-4)16-22(27)25-10-8-24-9-11-25/h5-7,12-14,24H,8-11,15-16H2,1-4H3. The number of benzene rings is 2. The number of hydrogen-bond acceptors (Lipinski definition) is 5. The molecule has 1 fully saturated rings. The minimum Gasteiger partial charge on any atom is -0.497 e. The minimum absolute atomic E-state index is 0.0874. The average molecular weight is 446 g/mol. The van der Waals surface area contributed by atoms with Gasteiger partial charge in [-0.1, -0.05) is 29.8 Å². The molecule has 7 nitrogen and oxygen atoms in total. The van der Waals surface area contributed by atoms with Crippen molar-refractivity contribution in [2.45, 2.75) is 32.2 Å². The van der Waals surface area contributed by atoms with Crippen LogP contribution in [0.4, 0.5) is 0 Å². The molecule has 1 heterocycles. The number of methoxy groups -OCH3 is 1. The highest BCUT2D eigenvalue weighted by molar-refractivity contribution is 7.89. The van der Waals surface area contributed by atoms with Gasteiger partial charge in [0.15, 0.2) is 0 Å². The second kappa shape index (κ2) is 9.80. The second-order valence-corrected chi connectivity index (χ2v) is 9.86. The fraction of sp³-hybridized carbons (Fsp3) is 0.435. The van der Waals surface area contributed by atoms with Crippen molar-refractivity contribution in [3.63, 3.8) is 0 Å². The van der Waals surface area contributed by atoms with Crippen molar-refractivity contribution in [2.24, 2.45) is 0 Å². The minimum atomic E-state index is -3.90. The van der Waals surface area contributed by atoms with Crippen LogP contribution in [0.2, 0.25) is 0 Å². The zero-order valence-corrected chi connectivity index (χ0v) is 19.5. The molecule has 0 atom stereocenters. The molecular formula is C23H31N3O4S. The first-order chi connectivity index (χ1) is 14.7. The van der Waals surface area contributed by atoms with Gasteiger partial charge < -0.3 is 15.0 Å². The number of carbonyl (C=O) groups excluding carboxylic acids is 1. The van der Waals surface area contributed by atoms with Crippen LogP contribution in [-0.4, -0.2) is 63.4 Å². The number of aryl methyl sites for hydroxylation is 3. The highest BCUT2D eigenvalue weighted by atomic mass is 32.2. The van der Waals surface area contributed by atoms with Gasteiger partial charge in [0.05, 0.1) is 18.6 Å². The van der Waals surface area contributed by atoms with Gasteiger partial charge in [-0.25, -0.2) is 8.42 Å². The summed E-state index contributed by atoms with van der Waals surface area (Å²) in [6, 6.07) is 11.0. The molecule has 1 amide bonds. The molecule has 0 aliphatic carbocycles. The number of hydrogen-bond donors (Lipinski definition) is 1. The Morgan fingerprint density at radius 3 is 2.35 bits per heavy atom. The summed E-state index contributed by atoms with van der Waals surface area (Å²) in [6.45, 7) is 8.01. The van der Waals surface area contributed by atoms with E-state index in [-0.39, 0.29) is 23.9 Å². The molecule has 0 saturated carbocycles. The maximum atomic E-state index is 13.8. The van der Waals surface area contributed by atoms with Gasteiger partial charge in [-0.15, -0.1) is 0 Å². The van der Waals surface area contributed by atoms with Crippen molar-refractivity contribution >= 4 is 15.9 Å². The van der Waals surface area contributed by atoms with Crippen LogP contribution >= 0.6 is 0 Å². The van der Waals surface area contributed by atoms with Crippen LogP contribution in [0.25, 0.3) is 0 Å². The van der Waals surface area contributed by atoms with Gasteiger partial charge >= 0.3 is 0 Å². The largest absolute Gasteiger partial charge is 0.497 e. The van der Waals surface area contributed by atoms with Crippen LogP contribution in [0.5, 0.6) is 5.75 Å². The van der Waals surface area contributed by atoms with Crippen molar-refractivity contribution < 1.29 is 17.9 Å². The molecule has 1 aliphatic rings. The summed E-state index contributed by atoms with van der Waals surface area (Å²) in [7, 11) is -2.33. The number of sulfonamides is 1. The average Bonchev–Trinajstić information content (AvgIpc) is 2.73. The van der Waals surface area contributed by atoms with Crippen LogP contribution in [0.1, 0.15) is 22.3 Å². The molecule has 0 spiro atoms. The first-order valence-corrected chi connectivity index (χ1v) is 11.9. The zero-order valence-electron chi connectivity index (χ0n) is 18.6. The number of nitrogens with one attached hydrogen (secondary N) is 1. The van der Waals surface area contributed by atoms with Crippen molar-refractivity contribution in [2.75, 3.05) is 39.8 Å². The molecule has 31 heavy (non-hydrogen) atoms. The lowest BCUT2D eigenvalue weighted by atomic mass is 10.1. The van der Waals surface area contributed by atoms with Crippen LogP contribution in [0, 0.1) is 20.8 Å². The topological polar surface area (TPSA) is 79.0 Å². The van der Waals surface area contributed by atoms with E-state index < -0.39 is 10.0 Å². The predicted octanol–water partition coefficient (Wildman–Crippen LogP) is 2.24. The van der Waals surface area contributed by atoms with Crippen LogP contribution in [0.15, 0.2) is 41.3 Å². The van der Waals surface area contributed by atoms with Crippen LogP contribution < -0.4 is 10.1 Å². The lowest BCUT2D eigenvalue weighted by Crippen LogP contribution is -2.50. The third kappa shape index (κ3) is 5.44. The Morgan fingerprint density at radius 2 is 1.74 bits per heavy atom. The lowest BCUT2D eigenvalue weighted by molar-refractivity contribution is -0.132. The highest BCUT2D eigenvalue weighted by Crippen LogP contribution is 2.27. The summed E-state index contributed by atoms with van der Waals surface area (Å²) in [4.78, 5) is 15.0. The van der Waals surface area contributed by atoms with Gasteiger partial charge in [0.25, 0.3) is 0 Å². The summed E-state index contributed by atoms with van der Waals surface area (Å²) in [6.07, 6.45) is 0. The smallest absolute Gasteiger partial charge is 0.244 e. The fourth-order valence-electron chi connectivity index (χ4n) is 4.07. The van der Waals surface area contributed by atoms with Gasteiger partial charge in [0.2, 0.25) is 15.9 Å². The summed E-state index contributed by atoms with van der Waals surface area (Å²) < 4.78 is 34.1. The monoisotopic (exact) mass is 445 g/mol. The van der Waals surface area contributed by atoms with E-state index in [0.29, 0.717) is 43.1 Å². The molecule has 1 saturated heterocycles. The first-order valence-electron chi connectivity index (χ1n) is 10.4. The van der Waals surface area contributed by atoms with Gasteiger partial charge in [0, 0.05) is 32.7 Å². The van der Waals surface area contributed by atoms with Crippen LogP contribution in [0.3, 0.4) is 0 Å². The molecule has 2 aromatic rings. The number of carbonyl (C=O) groups is 1. The van der Waals surface area contributed by atoms with E-state index in [0.717, 1.165) is 11.1 Å². The van der Waals surface area contributed by atoms with E-state index >= 15 is 0 Å². The molecule has 3 rings (SSSR count). The molecular weight excluding hydrogens is 414 g/mol. The normalized spacial score (nSPS) is 14.7. The van der Waals surface area contributed by atoms with Gasteiger partial charge in [-0.05, 0) is 49.6 Å². The third-order valence-corrected chi connectivity index (χ3v) is 7.57. The molecule has 0 radical (unpaired) electrons. The van der Waals surface area contributed by atoms with Crippen molar-refractivity contribution in [1.29, 1.82) is 0 Å². The number of rotatable bonds is 7. The van der Waals surface area contributed by atoms with E-state index in [1.54, 1.807) is 31.9 Å². The SMILES string of the molecule is COc1cccc(CN(CC(=O)N2CCNCC2)S(=O)(=O)c2c(C)cc(C)cc2C)c1. The van der Waals surface area contributed by atoms with Gasteiger partial charge in [-0.3, -0.25) is 4.79 Å². The fourth-order valence-corrected chi connectivity index (χ4v) is 5.86. The Kier molecular flexibility index (Phi) is 7.35. The first kappa shape index (κ1) is 23.2. The number of nitrogens with zero attached hydrogens (tertiary/aromatic N) is 2. The third-order valence-electron chi connectivity index (χ3n) is 5.48. The van der Waals surface area contributed by atoms with E-state index in [2.05, 4.69) is 5.32 Å². The summed E-state index contributed by atoms with van der Waals surface area (Å²) in [5, 5.41) is 3.21. The Morgan fingerprint density at radius 1 is 1.10 bits per heavy atom. The molecule has 1 N–H and O–H groups in total. The van der Waals surface area contributed by atoms with Crippen LogP contribution in [-0.2, 0) is 21.4 Å². The van der Waals surface area contributed by atoms with Crippen molar-refractivity contribution in [3.05, 3.63) is 58.7 Å². The summed E-state index contributed by atoms with van der Waals surface area (Å²) >= 11 is 0. The van der Waals surface area contributed by atoms with Crippen molar-refractivity contribution in [1.82, 2.24) is 14.5 Å². The Bertz CT molecular complexity index is 1020. The maximum Gasteiger partial charge on any atom is 0.244 e. The van der Waals surface area contributed by atoms with Gasteiger partial charge in [0.1, 0.15) is 5.75 Å². The van der Waals surface area contributed by atoms with E-state index in [4.69, 9.17) is 4.74 Å². The highest BCUT2D eigenvalue weighted by Gasteiger charge is 2.31.